The van der Waals surface area contributed by atoms with E-state index in [1.165, 1.54) is 0 Å². The lowest BCUT2D eigenvalue weighted by Gasteiger charge is -2.10. The molecule has 8 nitrogen and oxygen atoms in total. The third kappa shape index (κ3) is 7.26. The molecule has 4 bridgehead atoms. The zero-order valence-corrected chi connectivity index (χ0v) is 19.0. The maximum atomic E-state index is 11.7. The Morgan fingerprint density at radius 1 is 0.556 bits per heavy atom. The van der Waals surface area contributed by atoms with Crippen molar-refractivity contribution in [2.45, 2.75) is 0 Å². The quantitative estimate of drug-likeness (QED) is 0.382. The molecule has 0 aromatic heterocycles. The highest BCUT2D eigenvalue weighted by Gasteiger charge is 2.13. The van der Waals surface area contributed by atoms with E-state index >= 15 is 0 Å². The van der Waals surface area contributed by atoms with Gasteiger partial charge in [0.05, 0.1) is 22.3 Å². The standard InChI is InChI=1S/C14H10O4.2C7H6O2/c15-13-11-3-1-9-7-12(4-2-10(9)8-11)14(16)18-6-5-17-13;2*8-7(9)6-4-2-1-3-5-6/h1-4,7-8H,5-6H2;2*1-5H,(H,8,9). The summed E-state index contributed by atoms with van der Waals surface area (Å²) in [4.78, 5) is 43.8. The molecule has 0 amide bonds. The van der Waals surface area contributed by atoms with Crippen molar-refractivity contribution < 1.29 is 38.9 Å². The zero-order valence-electron chi connectivity index (χ0n) is 19.0. The van der Waals surface area contributed by atoms with Crippen molar-refractivity contribution in [1.82, 2.24) is 0 Å². The summed E-state index contributed by atoms with van der Waals surface area (Å²) in [6, 6.07) is 27.1. The zero-order chi connectivity index (χ0) is 25.9. The number of carbonyl (C=O) groups is 4. The van der Waals surface area contributed by atoms with Gasteiger partial charge in [0.2, 0.25) is 0 Å². The van der Waals surface area contributed by atoms with Crippen molar-refractivity contribution in [3.05, 3.63) is 119 Å². The van der Waals surface area contributed by atoms with Gasteiger partial charge < -0.3 is 19.7 Å². The normalized spacial score (nSPS) is 12.1. The van der Waals surface area contributed by atoms with Gasteiger partial charge >= 0.3 is 23.9 Å². The Kier molecular flexibility index (Phi) is 8.88. The lowest BCUT2D eigenvalue weighted by atomic mass is 10.0. The van der Waals surface area contributed by atoms with Gasteiger partial charge in [0.25, 0.3) is 0 Å². The number of fused-ring (bicyclic) bond motifs is 2. The number of rotatable bonds is 2. The molecule has 0 spiro atoms. The summed E-state index contributed by atoms with van der Waals surface area (Å²) in [5.74, 6) is -2.57. The van der Waals surface area contributed by atoms with E-state index in [9.17, 15) is 19.2 Å². The third-order valence-corrected chi connectivity index (χ3v) is 4.90. The first-order valence-corrected chi connectivity index (χ1v) is 10.8. The molecule has 4 aromatic rings. The summed E-state index contributed by atoms with van der Waals surface area (Å²) in [6.07, 6.45) is 0. The van der Waals surface area contributed by atoms with Crippen LogP contribution in [0.25, 0.3) is 10.8 Å². The van der Waals surface area contributed by atoms with Gasteiger partial charge in [-0.05, 0) is 59.3 Å². The van der Waals surface area contributed by atoms with Gasteiger partial charge in [0, 0.05) is 0 Å². The molecular formula is C28H22O8. The van der Waals surface area contributed by atoms with E-state index in [1.54, 1.807) is 97.1 Å². The van der Waals surface area contributed by atoms with Crippen molar-refractivity contribution in [3.8, 4) is 0 Å². The molecule has 0 unspecified atom stereocenters. The fourth-order valence-corrected chi connectivity index (χ4v) is 3.10. The minimum atomic E-state index is -0.879. The van der Waals surface area contributed by atoms with Gasteiger partial charge in [-0.2, -0.15) is 0 Å². The van der Waals surface area contributed by atoms with Crippen LogP contribution in [0.2, 0.25) is 0 Å². The number of esters is 2. The monoisotopic (exact) mass is 486 g/mol. The average molecular weight is 486 g/mol. The van der Waals surface area contributed by atoms with E-state index in [0.29, 0.717) is 22.3 Å². The molecule has 0 saturated carbocycles. The summed E-state index contributed by atoms with van der Waals surface area (Å²) in [6.45, 7) is 0.136. The Hall–Kier alpha value is -4.98. The first-order valence-electron chi connectivity index (χ1n) is 10.8. The number of carbonyl (C=O) groups excluding carboxylic acids is 2. The van der Waals surface area contributed by atoms with Crippen LogP contribution in [0.5, 0.6) is 0 Å². The number of carboxylic acid groups (broad SMARTS) is 2. The van der Waals surface area contributed by atoms with Crippen LogP contribution in [0.3, 0.4) is 0 Å². The number of aromatic carboxylic acids is 2. The summed E-state index contributed by atoms with van der Waals surface area (Å²) < 4.78 is 9.99. The fourth-order valence-electron chi connectivity index (χ4n) is 3.10. The predicted octanol–water partition coefficient (Wildman–Crippen LogP) is 4.94. The Bertz CT molecular complexity index is 1260. The van der Waals surface area contributed by atoms with Gasteiger partial charge in [-0.3, -0.25) is 0 Å². The van der Waals surface area contributed by atoms with Crippen LogP contribution >= 0.6 is 0 Å². The van der Waals surface area contributed by atoms with Crippen molar-refractivity contribution >= 4 is 34.6 Å². The number of hydrogen-bond donors (Lipinski definition) is 2. The van der Waals surface area contributed by atoms with Crippen LogP contribution < -0.4 is 0 Å². The van der Waals surface area contributed by atoms with E-state index in [0.717, 1.165) is 10.8 Å². The SMILES string of the molecule is O=C(O)c1ccccc1.O=C(O)c1ccccc1.O=C1OCCOC(=O)c2ccc3cc1ccc3c2. The van der Waals surface area contributed by atoms with Crippen LogP contribution in [0.15, 0.2) is 97.1 Å². The highest BCUT2D eigenvalue weighted by molar-refractivity contribution is 5.99. The number of carboxylic acids is 2. The topological polar surface area (TPSA) is 127 Å². The van der Waals surface area contributed by atoms with Crippen molar-refractivity contribution in [1.29, 1.82) is 0 Å². The number of hydrogen-bond acceptors (Lipinski definition) is 6. The van der Waals surface area contributed by atoms with Crippen molar-refractivity contribution in [2.75, 3.05) is 13.2 Å². The first kappa shape index (κ1) is 25.6. The summed E-state index contributed by atoms with van der Waals surface area (Å²) in [7, 11) is 0. The van der Waals surface area contributed by atoms with E-state index in [1.807, 2.05) is 0 Å². The van der Waals surface area contributed by atoms with E-state index < -0.39 is 23.9 Å². The minimum Gasteiger partial charge on any atom is -0.478 e. The summed E-state index contributed by atoms with van der Waals surface area (Å²) in [5.41, 5.74) is 1.67. The minimum absolute atomic E-state index is 0.0681. The third-order valence-electron chi connectivity index (χ3n) is 4.90. The Morgan fingerprint density at radius 2 is 0.917 bits per heavy atom. The van der Waals surface area contributed by atoms with Gasteiger partial charge in [-0.15, -0.1) is 0 Å². The predicted molar refractivity (Wildman–Crippen MR) is 131 cm³/mol. The molecule has 7 rings (SSSR count). The van der Waals surface area contributed by atoms with Crippen molar-refractivity contribution in [2.24, 2.45) is 0 Å². The number of ether oxygens (including phenoxy) is 2. The molecular weight excluding hydrogens is 464 g/mol. The van der Waals surface area contributed by atoms with Gasteiger partial charge in [0.1, 0.15) is 13.2 Å². The maximum absolute atomic E-state index is 11.7. The van der Waals surface area contributed by atoms with Crippen LogP contribution in [-0.2, 0) is 9.47 Å². The molecule has 4 aromatic carbocycles. The average Bonchev–Trinajstić information content (AvgIpc) is 2.91. The smallest absolute Gasteiger partial charge is 0.338 e. The molecule has 0 radical (unpaired) electrons. The Balaban J connectivity index is 0.000000169. The highest BCUT2D eigenvalue weighted by atomic mass is 16.6. The molecule has 0 aliphatic carbocycles. The first-order chi connectivity index (χ1) is 17.3. The van der Waals surface area contributed by atoms with Crippen LogP contribution in [0, 0.1) is 0 Å². The number of benzene rings is 4. The van der Waals surface area contributed by atoms with Crippen molar-refractivity contribution in [3.63, 3.8) is 0 Å². The van der Waals surface area contributed by atoms with Gasteiger partial charge in [-0.1, -0.05) is 48.5 Å². The van der Waals surface area contributed by atoms with Crippen LogP contribution in [0.4, 0.5) is 0 Å². The molecule has 36 heavy (non-hydrogen) atoms. The second-order valence-corrected chi connectivity index (χ2v) is 7.39. The molecule has 182 valence electrons. The van der Waals surface area contributed by atoms with Crippen LogP contribution in [-0.4, -0.2) is 47.3 Å². The molecule has 0 saturated heterocycles. The summed E-state index contributed by atoms with van der Waals surface area (Å²) >= 11 is 0. The molecule has 2 N–H and O–H groups in total. The largest absolute Gasteiger partial charge is 0.478 e. The Labute approximate surface area is 206 Å². The molecule has 3 heterocycles. The van der Waals surface area contributed by atoms with E-state index in [4.69, 9.17) is 19.7 Å². The molecule has 0 fully saturated rings. The maximum Gasteiger partial charge on any atom is 0.338 e. The molecule has 3 aliphatic rings. The van der Waals surface area contributed by atoms with Gasteiger partial charge in [-0.25, -0.2) is 19.2 Å². The highest BCUT2D eigenvalue weighted by Crippen LogP contribution is 2.19. The lowest BCUT2D eigenvalue weighted by molar-refractivity contribution is 0.0265. The second-order valence-electron chi connectivity index (χ2n) is 7.39. The molecule has 3 aliphatic heterocycles. The summed E-state index contributed by atoms with van der Waals surface area (Å²) in [5, 5.41) is 18.6. The fraction of sp³-hybridized carbons (Fsp3) is 0.0714. The second kappa shape index (κ2) is 12.5. The van der Waals surface area contributed by atoms with Gasteiger partial charge in [0.15, 0.2) is 0 Å². The molecule has 0 atom stereocenters. The Morgan fingerprint density at radius 3 is 1.22 bits per heavy atom. The van der Waals surface area contributed by atoms with E-state index in [2.05, 4.69) is 0 Å². The van der Waals surface area contributed by atoms with Crippen LogP contribution in [0.1, 0.15) is 41.4 Å². The van der Waals surface area contributed by atoms with E-state index in [-0.39, 0.29) is 13.2 Å². The lowest BCUT2D eigenvalue weighted by Crippen LogP contribution is -2.15. The molecule has 8 heteroatoms.